The summed E-state index contributed by atoms with van der Waals surface area (Å²) in [6.45, 7) is 19.5. The topological polar surface area (TPSA) is 71.1 Å². The number of allylic oxidation sites excluding steroid dienone is 1. The summed E-state index contributed by atoms with van der Waals surface area (Å²) in [6, 6.07) is 15.0. The molecule has 0 saturated heterocycles. The third-order valence-electron chi connectivity index (χ3n) is 4.56. The predicted molar refractivity (Wildman–Crippen MR) is 132 cm³/mol. The number of esters is 2. The van der Waals surface area contributed by atoms with Gasteiger partial charge in [-0.2, -0.15) is 0 Å². The first kappa shape index (κ1) is 26.2. The van der Waals surface area contributed by atoms with Crippen LogP contribution in [0.4, 0.5) is 0 Å². The molecule has 0 unspecified atom stereocenters. The van der Waals surface area contributed by atoms with Crippen LogP contribution in [-0.2, 0) is 19.1 Å². The molecule has 34 heavy (non-hydrogen) atoms. The third kappa shape index (κ3) is 8.13. The Labute approximate surface area is 200 Å². The molecule has 0 saturated carbocycles. The van der Waals surface area contributed by atoms with Gasteiger partial charge in [0.2, 0.25) is 0 Å². The van der Waals surface area contributed by atoms with Gasteiger partial charge in [0.15, 0.2) is 6.10 Å². The lowest BCUT2D eigenvalue weighted by Gasteiger charge is -2.19. The minimum absolute atomic E-state index is 0.103. The number of ether oxygens (including phenoxy) is 4. The van der Waals surface area contributed by atoms with E-state index in [1.54, 1.807) is 26.0 Å². The van der Waals surface area contributed by atoms with Crippen molar-refractivity contribution in [3.8, 4) is 22.6 Å². The van der Waals surface area contributed by atoms with Crippen LogP contribution in [0.5, 0.6) is 11.5 Å². The van der Waals surface area contributed by atoms with Crippen molar-refractivity contribution in [3.05, 3.63) is 97.3 Å². The Hall–Kier alpha value is -4.06. The SMILES string of the molecule is C=C(C)C(=C)Oc1ccc(-c2ccc(OC(COC(=O)C(=C)C)COC(=O)C(=C)C)cc2)cc1. The van der Waals surface area contributed by atoms with E-state index in [1.165, 1.54) is 0 Å². The zero-order valence-corrected chi connectivity index (χ0v) is 19.9. The molecule has 0 aliphatic carbocycles. The number of hydrogen-bond acceptors (Lipinski definition) is 6. The van der Waals surface area contributed by atoms with E-state index in [2.05, 4.69) is 26.3 Å². The fourth-order valence-electron chi connectivity index (χ4n) is 2.56. The van der Waals surface area contributed by atoms with E-state index in [-0.39, 0.29) is 24.4 Å². The highest BCUT2D eigenvalue weighted by Crippen LogP contribution is 2.26. The molecule has 0 bridgehead atoms. The van der Waals surface area contributed by atoms with Crippen molar-refractivity contribution in [2.75, 3.05) is 13.2 Å². The summed E-state index contributed by atoms with van der Waals surface area (Å²) >= 11 is 0. The van der Waals surface area contributed by atoms with Gasteiger partial charge in [-0.1, -0.05) is 50.6 Å². The lowest BCUT2D eigenvalue weighted by atomic mass is 10.1. The number of carbonyl (C=O) groups excluding carboxylic acids is 2. The Morgan fingerprint density at radius 3 is 1.47 bits per heavy atom. The lowest BCUT2D eigenvalue weighted by Crippen LogP contribution is -2.31. The largest absolute Gasteiger partial charge is 0.483 e. The highest BCUT2D eigenvalue weighted by molar-refractivity contribution is 5.87. The highest BCUT2D eigenvalue weighted by Gasteiger charge is 2.17. The molecule has 6 heteroatoms. The fraction of sp³-hybridized carbons (Fsp3) is 0.214. The van der Waals surface area contributed by atoms with Gasteiger partial charge in [0, 0.05) is 11.1 Å². The minimum Gasteiger partial charge on any atom is -0.483 e. The van der Waals surface area contributed by atoms with Gasteiger partial charge in [0.05, 0.1) is 0 Å². The second-order valence-corrected chi connectivity index (χ2v) is 7.85. The van der Waals surface area contributed by atoms with Gasteiger partial charge in [-0.25, -0.2) is 9.59 Å². The van der Waals surface area contributed by atoms with Crippen LogP contribution in [0.3, 0.4) is 0 Å². The molecule has 0 atom stereocenters. The predicted octanol–water partition coefficient (Wildman–Crippen LogP) is 5.81. The molecule has 6 nitrogen and oxygen atoms in total. The van der Waals surface area contributed by atoms with E-state index in [0.29, 0.717) is 17.3 Å². The maximum Gasteiger partial charge on any atom is 0.333 e. The van der Waals surface area contributed by atoms with Gasteiger partial charge in [-0.3, -0.25) is 0 Å². The molecule has 2 aromatic carbocycles. The summed E-state index contributed by atoms with van der Waals surface area (Å²) in [5.41, 5.74) is 3.25. The van der Waals surface area contributed by atoms with E-state index in [4.69, 9.17) is 18.9 Å². The molecule has 0 amide bonds. The van der Waals surface area contributed by atoms with Crippen molar-refractivity contribution in [1.29, 1.82) is 0 Å². The maximum atomic E-state index is 11.7. The van der Waals surface area contributed by atoms with Crippen LogP contribution in [0, 0.1) is 0 Å². The summed E-state index contributed by atoms with van der Waals surface area (Å²) in [7, 11) is 0. The Kier molecular flexibility index (Phi) is 9.44. The summed E-state index contributed by atoms with van der Waals surface area (Å²) < 4.78 is 21.9. The Morgan fingerprint density at radius 2 is 1.09 bits per heavy atom. The zero-order valence-electron chi connectivity index (χ0n) is 19.9. The molecule has 178 valence electrons. The van der Waals surface area contributed by atoms with Crippen molar-refractivity contribution < 1.29 is 28.5 Å². The van der Waals surface area contributed by atoms with Gasteiger partial charge in [0.25, 0.3) is 0 Å². The van der Waals surface area contributed by atoms with Gasteiger partial charge in [-0.05, 0) is 61.7 Å². The van der Waals surface area contributed by atoms with Crippen molar-refractivity contribution in [3.63, 3.8) is 0 Å². The standard InChI is InChI=1S/C28H30O6/c1-18(2)21(7)33-24-12-8-22(9-13-24)23-10-14-25(15-11-23)34-26(16-31-27(29)19(3)4)17-32-28(30)20(5)6/h8-15,26H,1,3,5,7,16-17H2,2,4,6H3. The number of carbonyl (C=O) groups is 2. The molecule has 0 aromatic heterocycles. The summed E-state index contributed by atoms with van der Waals surface area (Å²) in [6.07, 6.45) is -0.699. The summed E-state index contributed by atoms with van der Waals surface area (Å²) in [4.78, 5) is 23.5. The van der Waals surface area contributed by atoms with Gasteiger partial charge in [-0.15, -0.1) is 0 Å². The van der Waals surface area contributed by atoms with E-state index in [9.17, 15) is 9.59 Å². The van der Waals surface area contributed by atoms with Crippen LogP contribution >= 0.6 is 0 Å². The first-order valence-corrected chi connectivity index (χ1v) is 10.6. The van der Waals surface area contributed by atoms with E-state index >= 15 is 0 Å². The zero-order chi connectivity index (χ0) is 25.3. The van der Waals surface area contributed by atoms with Crippen molar-refractivity contribution in [2.45, 2.75) is 26.9 Å². The first-order valence-electron chi connectivity index (χ1n) is 10.6. The number of rotatable bonds is 12. The van der Waals surface area contributed by atoms with E-state index < -0.39 is 18.0 Å². The van der Waals surface area contributed by atoms with Gasteiger partial charge in [0.1, 0.15) is 30.5 Å². The average molecular weight is 463 g/mol. The molecule has 0 spiro atoms. The van der Waals surface area contributed by atoms with Crippen LogP contribution in [0.25, 0.3) is 11.1 Å². The molecule has 0 aliphatic heterocycles. The Morgan fingerprint density at radius 1 is 0.676 bits per heavy atom. The number of hydrogen-bond donors (Lipinski definition) is 0. The average Bonchev–Trinajstić information content (AvgIpc) is 2.81. The minimum atomic E-state index is -0.699. The number of benzene rings is 2. The van der Waals surface area contributed by atoms with Crippen molar-refractivity contribution >= 4 is 11.9 Å². The second-order valence-electron chi connectivity index (χ2n) is 7.85. The second kappa shape index (κ2) is 12.3. The fourth-order valence-corrected chi connectivity index (χ4v) is 2.56. The van der Waals surface area contributed by atoms with Crippen LogP contribution in [0.1, 0.15) is 20.8 Å². The maximum absolute atomic E-state index is 11.7. The smallest absolute Gasteiger partial charge is 0.333 e. The first-order chi connectivity index (χ1) is 16.1. The van der Waals surface area contributed by atoms with E-state index in [1.807, 2.05) is 43.3 Å². The van der Waals surface area contributed by atoms with Crippen molar-refractivity contribution in [1.82, 2.24) is 0 Å². The van der Waals surface area contributed by atoms with E-state index in [0.717, 1.165) is 16.7 Å². The molecule has 0 fully saturated rings. The molecular weight excluding hydrogens is 432 g/mol. The van der Waals surface area contributed by atoms with Gasteiger partial charge >= 0.3 is 11.9 Å². The van der Waals surface area contributed by atoms with Crippen LogP contribution < -0.4 is 9.47 Å². The van der Waals surface area contributed by atoms with Crippen LogP contribution in [-0.4, -0.2) is 31.3 Å². The summed E-state index contributed by atoms with van der Waals surface area (Å²) in [5, 5.41) is 0. The third-order valence-corrected chi connectivity index (χ3v) is 4.56. The van der Waals surface area contributed by atoms with Crippen LogP contribution in [0.15, 0.2) is 97.3 Å². The van der Waals surface area contributed by atoms with Gasteiger partial charge < -0.3 is 18.9 Å². The molecule has 0 heterocycles. The monoisotopic (exact) mass is 462 g/mol. The lowest BCUT2D eigenvalue weighted by molar-refractivity contribution is -0.146. The normalized spacial score (nSPS) is 10.2. The molecule has 0 radical (unpaired) electrons. The molecule has 2 rings (SSSR count). The van der Waals surface area contributed by atoms with Crippen molar-refractivity contribution in [2.24, 2.45) is 0 Å². The molecule has 0 N–H and O–H groups in total. The molecular formula is C28H30O6. The Balaban J connectivity index is 2.06. The Bertz CT molecular complexity index is 1050. The highest BCUT2D eigenvalue weighted by atomic mass is 16.6. The van der Waals surface area contributed by atoms with Crippen LogP contribution in [0.2, 0.25) is 0 Å². The molecule has 2 aromatic rings. The quantitative estimate of drug-likeness (QED) is 0.172. The molecule has 0 aliphatic rings. The summed E-state index contributed by atoms with van der Waals surface area (Å²) in [5.74, 6) is 0.632.